The lowest BCUT2D eigenvalue weighted by atomic mass is 9.95. The third-order valence-corrected chi connectivity index (χ3v) is 5.69. The number of fused-ring (bicyclic) bond motifs is 4. The van der Waals surface area contributed by atoms with Gasteiger partial charge in [-0.25, -0.2) is 9.97 Å². The number of piperidine rings is 1. The number of carbonyl (C=O) groups is 1. The molecule has 5 rings (SSSR count). The zero-order valence-corrected chi connectivity index (χ0v) is 16.6. The molecule has 6 heteroatoms. The highest BCUT2D eigenvalue weighted by Crippen LogP contribution is 2.28. The fourth-order valence-corrected chi connectivity index (χ4v) is 4.14. The van der Waals surface area contributed by atoms with Crippen LogP contribution in [0.4, 0.5) is 0 Å². The van der Waals surface area contributed by atoms with E-state index in [0.29, 0.717) is 23.3 Å². The zero-order valence-electron chi connectivity index (χ0n) is 16.6. The Morgan fingerprint density at radius 3 is 2.57 bits per heavy atom. The molecule has 0 saturated carbocycles. The third kappa shape index (κ3) is 4.12. The number of pyridine rings is 1. The van der Waals surface area contributed by atoms with Crippen LogP contribution < -0.4 is 0 Å². The predicted octanol–water partition coefficient (Wildman–Crippen LogP) is 3.04. The van der Waals surface area contributed by atoms with E-state index in [1.165, 1.54) is 18.4 Å². The minimum atomic E-state index is 0.0437. The van der Waals surface area contributed by atoms with Gasteiger partial charge in [0.15, 0.2) is 5.82 Å². The highest BCUT2D eigenvalue weighted by Gasteiger charge is 2.36. The number of hydrogen-bond acceptors (Lipinski definition) is 5. The van der Waals surface area contributed by atoms with Crippen LogP contribution in [0.5, 0.6) is 0 Å². The Morgan fingerprint density at radius 2 is 1.86 bits per heavy atom. The highest BCUT2D eigenvalue weighted by atomic mass is 16.2. The van der Waals surface area contributed by atoms with Crippen molar-refractivity contribution in [1.29, 1.82) is 0 Å². The molecule has 146 valence electrons. The van der Waals surface area contributed by atoms with Gasteiger partial charge in [-0.05, 0) is 44.7 Å². The van der Waals surface area contributed by atoms with Gasteiger partial charge in [-0.1, -0.05) is 11.6 Å². The van der Waals surface area contributed by atoms with Crippen LogP contribution in [0.2, 0.25) is 0 Å². The van der Waals surface area contributed by atoms with Gasteiger partial charge in [-0.3, -0.25) is 14.7 Å². The summed E-state index contributed by atoms with van der Waals surface area (Å²) in [6, 6.07) is 4.17. The molecule has 0 aliphatic carbocycles. The Labute approximate surface area is 166 Å². The molecule has 2 bridgehead atoms. The van der Waals surface area contributed by atoms with E-state index in [1.54, 1.807) is 24.8 Å². The largest absolute Gasteiger partial charge is 0.337 e. The summed E-state index contributed by atoms with van der Waals surface area (Å²) >= 11 is 0. The van der Waals surface area contributed by atoms with E-state index in [0.717, 1.165) is 31.7 Å². The Hall–Kier alpha value is -2.60. The van der Waals surface area contributed by atoms with Gasteiger partial charge in [0, 0.05) is 62.6 Å². The Balaban J connectivity index is 1.47. The third-order valence-electron chi connectivity index (χ3n) is 5.69. The molecule has 0 N–H and O–H groups in total. The second-order valence-electron chi connectivity index (χ2n) is 8.07. The number of allylic oxidation sites excluding steroid dienone is 1. The number of aromatic nitrogens is 3. The molecule has 0 unspecified atom stereocenters. The standard InChI is InChI=1S/C22H27N5O/c1-16(2)7-10-26-13-17-3-4-20(26)15-27(14-17)22(28)19-11-24-21(25-12-19)18-5-8-23-9-6-18/h5-9,11-12,17,20H,3-4,10,13-15H2,1-2H3/t17-,20-/m0/s1. The minimum absolute atomic E-state index is 0.0437. The summed E-state index contributed by atoms with van der Waals surface area (Å²) in [4.78, 5) is 30.5. The summed E-state index contributed by atoms with van der Waals surface area (Å²) < 4.78 is 0. The molecule has 2 aromatic heterocycles. The van der Waals surface area contributed by atoms with Crippen molar-refractivity contribution in [3.8, 4) is 11.4 Å². The molecule has 1 amide bonds. The Morgan fingerprint density at radius 1 is 1.11 bits per heavy atom. The number of rotatable bonds is 4. The average Bonchev–Trinajstić information content (AvgIpc) is 3.04. The summed E-state index contributed by atoms with van der Waals surface area (Å²) in [6.45, 7) is 7.96. The molecule has 3 aliphatic rings. The predicted molar refractivity (Wildman–Crippen MR) is 109 cm³/mol. The fourth-order valence-electron chi connectivity index (χ4n) is 4.14. The van der Waals surface area contributed by atoms with Crippen molar-refractivity contribution in [3.63, 3.8) is 0 Å². The molecular weight excluding hydrogens is 350 g/mol. The molecule has 0 aromatic carbocycles. The Bertz CT molecular complexity index is 845. The lowest BCUT2D eigenvalue weighted by molar-refractivity contribution is 0.0739. The number of hydrogen-bond donors (Lipinski definition) is 0. The number of nitrogens with zero attached hydrogens (tertiary/aromatic N) is 5. The van der Waals surface area contributed by atoms with Crippen LogP contribution in [0, 0.1) is 5.92 Å². The van der Waals surface area contributed by atoms with E-state index >= 15 is 0 Å². The maximum atomic E-state index is 13.1. The quantitative estimate of drug-likeness (QED) is 0.767. The van der Waals surface area contributed by atoms with Gasteiger partial charge < -0.3 is 4.90 Å². The molecule has 2 aromatic rings. The SMILES string of the molecule is CC(C)=CCN1C[C@@H]2CC[C@H]1CN(C(=O)c1cnc(-c3ccncc3)nc1)C2. The fraction of sp³-hybridized carbons (Fsp3) is 0.455. The van der Waals surface area contributed by atoms with Crippen molar-refractivity contribution in [2.24, 2.45) is 5.92 Å². The molecular formula is C22H27N5O. The first-order valence-electron chi connectivity index (χ1n) is 9.99. The molecule has 5 heterocycles. The number of carbonyl (C=O) groups excluding carboxylic acids is 1. The zero-order chi connectivity index (χ0) is 19.5. The molecule has 0 spiro atoms. The topological polar surface area (TPSA) is 62.2 Å². The van der Waals surface area contributed by atoms with Crippen molar-refractivity contribution in [2.75, 3.05) is 26.2 Å². The number of amides is 1. The van der Waals surface area contributed by atoms with Crippen molar-refractivity contribution >= 4 is 5.91 Å². The van der Waals surface area contributed by atoms with Gasteiger partial charge >= 0.3 is 0 Å². The maximum Gasteiger partial charge on any atom is 0.257 e. The summed E-state index contributed by atoms with van der Waals surface area (Å²) in [5.41, 5.74) is 2.81. The molecule has 6 nitrogen and oxygen atoms in total. The van der Waals surface area contributed by atoms with E-state index in [2.05, 4.69) is 39.8 Å². The monoisotopic (exact) mass is 377 g/mol. The molecule has 3 saturated heterocycles. The van der Waals surface area contributed by atoms with Crippen molar-refractivity contribution in [1.82, 2.24) is 24.8 Å². The second kappa shape index (κ2) is 8.19. The van der Waals surface area contributed by atoms with Crippen LogP contribution in [0.1, 0.15) is 37.0 Å². The summed E-state index contributed by atoms with van der Waals surface area (Å²) in [5, 5.41) is 0. The summed E-state index contributed by atoms with van der Waals surface area (Å²) in [5.74, 6) is 1.20. The van der Waals surface area contributed by atoms with E-state index in [-0.39, 0.29) is 5.91 Å². The van der Waals surface area contributed by atoms with Crippen LogP contribution in [0.3, 0.4) is 0 Å². The summed E-state index contributed by atoms with van der Waals surface area (Å²) in [7, 11) is 0. The lowest BCUT2D eigenvalue weighted by Gasteiger charge is -2.35. The average molecular weight is 377 g/mol. The van der Waals surface area contributed by atoms with Crippen LogP contribution in [-0.2, 0) is 0 Å². The van der Waals surface area contributed by atoms with Gasteiger partial charge in [-0.2, -0.15) is 0 Å². The first-order valence-corrected chi connectivity index (χ1v) is 9.99. The van der Waals surface area contributed by atoms with E-state index in [1.807, 2.05) is 17.0 Å². The molecule has 28 heavy (non-hydrogen) atoms. The first-order chi connectivity index (χ1) is 13.6. The highest BCUT2D eigenvalue weighted by molar-refractivity contribution is 5.93. The maximum absolute atomic E-state index is 13.1. The van der Waals surface area contributed by atoms with E-state index in [9.17, 15) is 4.79 Å². The van der Waals surface area contributed by atoms with Gasteiger partial charge in [0.2, 0.25) is 0 Å². The first kappa shape index (κ1) is 18.7. The minimum Gasteiger partial charge on any atom is -0.337 e. The van der Waals surface area contributed by atoms with E-state index < -0.39 is 0 Å². The van der Waals surface area contributed by atoms with Gasteiger partial charge in [0.1, 0.15) is 0 Å². The van der Waals surface area contributed by atoms with Crippen molar-refractivity contribution in [3.05, 3.63) is 54.1 Å². The van der Waals surface area contributed by atoms with Crippen molar-refractivity contribution in [2.45, 2.75) is 32.7 Å². The summed E-state index contributed by atoms with van der Waals surface area (Å²) in [6.07, 6.45) is 11.4. The van der Waals surface area contributed by atoms with Crippen LogP contribution in [0.25, 0.3) is 11.4 Å². The molecule has 3 fully saturated rings. The van der Waals surface area contributed by atoms with Crippen LogP contribution in [-0.4, -0.2) is 62.9 Å². The van der Waals surface area contributed by atoms with Crippen molar-refractivity contribution < 1.29 is 4.79 Å². The normalized spacial score (nSPS) is 22.0. The molecule has 3 aliphatic heterocycles. The van der Waals surface area contributed by atoms with Gasteiger partial charge in [-0.15, -0.1) is 0 Å². The smallest absolute Gasteiger partial charge is 0.257 e. The molecule has 2 atom stereocenters. The van der Waals surface area contributed by atoms with Gasteiger partial charge in [0.25, 0.3) is 5.91 Å². The van der Waals surface area contributed by atoms with Crippen LogP contribution in [0.15, 0.2) is 48.6 Å². The van der Waals surface area contributed by atoms with Gasteiger partial charge in [0.05, 0.1) is 5.56 Å². The molecule has 0 radical (unpaired) electrons. The van der Waals surface area contributed by atoms with E-state index in [4.69, 9.17) is 0 Å². The second-order valence-corrected chi connectivity index (χ2v) is 8.07. The van der Waals surface area contributed by atoms with Crippen LogP contribution >= 0.6 is 0 Å². The Kier molecular flexibility index (Phi) is 5.48. The lowest BCUT2D eigenvalue weighted by Crippen LogP contribution is -2.44.